The van der Waals surface area contributed by atoms with Crippen molar-refractivity contribution in [3.8, 4) is 90.7 Å². The van der Waals surface area contributed by atoms with E-state index >= 15 is 0 Å². The van der Waals surface area contributed by atoms with Crippen LogP contribution in [0.5, 0.6) is 11.5 Å². The first-order valence-corrected chi connectivity index (χ1v) is 20.6. The van der Waals surface area contributed by atoms with Crippen molar-refractivity contribution in [2.75, 3.05) is 0 Å². The monoisotopic (exact) mass is 794 g/mol. The number of rotatable bonds is 6. The molecule has 1 spiro atoms. The van der Waals surface area contributed by atoms with E-state index in [2.05, 4.69) is 107 Å². The molecular formula is C55H34N6O. The van der Waals surface area contributed by atoms with E-state index in [0.717, 1.165) is 73.2 Å². The van der Waals surface area contributed by atoms with Gasteiger partial charge in [-0.1, -0.05) is 146 Å². The van der Waals surface area contributed by atoms with Gasteiger partial charge in [0.1, 0.15) is 11.5 Å². The lowest BCUT2D eigenvalue weighted by atomic mass is 9.66. The molecule has 0 saturated carbocycles. The van der Waals surface area contributed by atoms with Crippen molar-refractivity contribution in [1.29, 1.82) is 0 Å². The van der Waals surface area contributed by atoms with Crippen molar-refractivity contribution in [2.24, 2.45) is 0 Å². The zero-order valence-electron chi connectivity index (χ0n) is 33.2. The molecule has 0 atom stereocenters. The Morgan fingerprint density at radius 2 is 0.758 bits per heavy atom. The second-order valence-corrected chi connectivity index (χ2v) is 15.5. The minimum Gasteiger partial charge on any atom is -0.457 e. The summed E-state index contributed by atoms with van der Waals surface area (Å²) in [5.41, 5.74) is 14.0. The lowest BCUT2D eigenvalue weighted by Gasteiger charge is -2.39. The summed E-state index contributed by atoms with van der Waals surface area (Å²) < 4.78 is 7.17. The summed E-state index contributed by atoms with van der Waals surface area (Å²) in [4.78, 5) is 29.5. The van der Waals surface area contributed by atoms with Gasteiger partial charge in [-0.2, -0.15) is 0 Å². The van der Waals surface area contributed by atoms with Crippen LogP contribution in [-0.2, 0) is 5.41 Å². The van der Waals surface area contributed by atoms with Gasteiger partial charge in [-0.15, -0.1) is 0 Å². The van der Waals surface area contributed by atoms with Crippen molar-refractivity contribution < 1.29 is 4.74 Å². The van der Waals surface area contributed by atoms with Crippen LogP contribution in [0.1, 0.15) is 22.3 Å². The third-order valence-electron chi connectivity index (χ3n) is 11.9. The summed E-state index contributed by atoms with van der Waals surface area (Å²) in [7, 11) is 0. The van der Waals surface area contributed by atoms with E-state index in [-0.39, 0.29) is 0 Å². The van der Waals surface area contributed by atoms with Gasteiger partial charge in [0.15, 0.2) is 17.5 Å². The summed E-state index contributed by atoms with van der Waals surface area (Å²) in [6.45, 7) is 0. The van der Waals surface area contributed by atoms with E-state index in [0.29, 0.717) is 17.5 Å². The molecular weight excluding hydrogens is 761 g/mol. The van der Waals surface area contributed by atoms with E-state index in [9.17, 15) is 0 Å². The third kappa shape index (κ3) is 5.74. The molecule has 290 valence electrons. The lowest BCUT2D eigenvalue weighted by molar-refractivity contribution is 0.437. The first-order valence-electron chi connectivity index (χ1n) is 20.6. The van der Waals surface area contributed by atoms with Crippen LogP contribution in [0.3, 0.4) is 0 Å². The molecule has 0 unspecified atom stereocenters. The zero-order valence-corrected chi connectivity index (χ0v) is 33.2. The van der Waals surface area contributed by atoms with Crippen LogP contribution in [-0.4, -0.2) is 29.9 Å². The highest BCUT2D eigenvalue weighted by atomic mass is 16.5. The van der Waals surface area contributed by atoms with Gasteiger partial charge in [0, 0.05) is 40.2 Å². The fourth-order valence-corrected chi connectivity index (χ4v) is 9.16. The van der Waals surface area contributed by atoms with Crippen molar-refractivity contribution in [1.82, 2.24) is 29.9 Å². The normalized spacial score (nSPS) is 12.8. The summed E-state index contributed by atoms with van der Waals surface area (Å²) in [6, 6.07) is 66.6. The molecule has 7 nitrogen and oxygen atoms in total. The van der Waals surface area contributed by atoms with Gasteiger partial charge in [0.05, 0.1) is 28.2 Å². The van der Waals surface area contributed by atoms with Crippen LogP contribution in [0.2, 0.25) is 0 Å². The summed E-state index contributed by atoms with van der Waals surface area (Å²) >= 11 is 0. The standard InChI is InChI=1S/C55H34N6O/c1-3-15-35(16-4-1)52-59-53(36-17-5-2-6-18-36)61-54(60-52)38-26-28-45-51(34-38)62-50-33-37(25-27-44(50)55(45)42-21-9-7-19-40(42)41-20-8-10-22-43(41)55)39-31-48(46-23-11-13-29-56-46)58-49(32-39)47-24-12-14-30-57-47/h1-34H. The fraction of sp³-hybridized carbons (Fsp3) is 0.0182. The first-order chi connectivity index (χ1) is 30.7. The lowest BCUT2D eigenvalue weighted by Crippen LogP contribution is -2.32. The minimum absolute atomic E-state index is 0.561. The average molecular weight is 795 g/mol. The second-order valence-electron chi connectivity index (χ2n) is 15.5. The topological polar surface area (TPSA) is 86.6 Å². The van der Waals surface area contributed by atoms with Gasteiger partial charge in [-0.05, 0) is 81.9 Å². The molecule has 12 rings (SSSR count). The smallest absolute Gasteiger partial charge is 0.164 e. The number of nitrogens with zero attached hydrogens (tertiary/aromatic N) is 6. The Morgan fingerprint density at radius 3 is 1.27 bits per heavy atom. The molecule has 7 heteroatoms. The Morgan fingerprint density at radius 1 is 0.306 bits per heavy atom. The molecule has 0 radical (unpaired) electrons. The molecule has 62 heavy (non-hydrogen) atoms. The van der Waals surface area contributed by atoms with Gasteiger partial charge in [0.25, 0.3) is 0 Å². The van der Waals surface area contributed by atoms with Crippen LogP contribution in [0.4, 0.5) is 0 Å². The molecule has 0 saturated heterocycles. The van der Waals surface area contributed by atoms with Crippen LogP contribution in [0.15, 0.2) is 207 Å². The maximum Gasteiger partial charge on any atom is 0.164 e. The maximum absolute atomic E-state index is 7.17. The predicted octanol–water partition coefficient (Wildman–Crippen LogP) is 12.5. The zero-order chi connectivity index (χ0) is 41.0. The number of hydrogen-bond donors (Lipinski definition) is 0. The predicted molar refractivity (Wildman–Crippen MR) is 243 cm³/mol. The SMILES string of the molecule is c1ccc(-c2nc(-c3ccccc3)nc(-c3ccc4c(c3)Oc3cc(-c5cc(-c6ccccn6)nc(-c6ccccn6)c5)ccc3C43c4ccccc4-c4ccccc43)n2)cc1. The number of pyridine rings is 3. The molecule has 0 bridgehead atoms. The fourth-order valence-electron chi connectivity index (χ4n) is 9.16. The molecule has 2 aliphatic rings. The molecule has 1 aliphatic carbocycles. The number of ether oxygens (including phenoxy) is 1. The Hall–Kier alpha value is -8.42. The summed E-state index contributed by atoms with van der Waals surface area (Å²) in [6.07, 6.45) is 3.59. The van der Waals surface area contributed by atoms with Gasteiger partial charge >= 0.3 is 0 Å². The summed E-state index contributed by atoms with van der Waals surface area (Å²) in [5.74, 6) is 3.27. The Kier molecular flexibility index (Phi) is 8.25. The van der Waals surface area contributed by atoms with Gasteiger partial charge in [0.2, 0.25) is 0 Å². The number of fused-ring (bicyclic) bond motifs is 9. The maximum atomic E-state index is 7.17. The van der Waals surface area contributed by atoms with Gasteiger partial charge in [-0.25, -0.2) is 19.9 Å². The van der Waals surface area contributed by atoms with E-state index in [4.69, 9.17) is 24.7 Å². The largest absolute Gasteiger partial charge is 0.457 e. The number of hydrogen-bond acceptors (Lipinski definition) is 7. The van der Waals surface area contributed by atoms with Gasteiger partial charge in [-0.3, -0.25) is 9.97 Å². The third-order valence-corrected chi connectivity index (χ3v) is 11.9. The van der Waals surface area contributed by atoms with E-state index in [1.807, 2.05) is 97.1 Å². The molecule has 5 heterocycles. The van der Waals surface area contributed by atoms with E-state index in [1.165, 1.54) is 22.3 Å². The Labute approximate surface area is 358 Å². The van der Waals surface area contributed by atoms with Crippen LogP contribution in [0.25, 0.3) is 79.2 Å². The molecule has 0 fully saturated rings. The summed E-state index contributed by atoms with van der Waals surface area (Å²) in [5, 5.41) is 0. The van der Waals surface area contributed by atoms with Crippen molar-refractivity contribution >= 4 is 0 Å². The minimum atomic E-state index is -0.660. The van der Waals surface area contributed by atoms with Crippen molar-refractivity contribution in [3.05, 3.63) is 229 Å². The molecule has 10 aromatic rings. The van der Waals surface area contributed by atoms with E-state index in [1.54, 1.807) is 12.4 Å². The second kappa shape index (κ2) is 14.4. The number of aromatic nitrogens is 6. The van der Waals surface area contributed by atoms with Crippen LogP contribution in [0, 0.1) is 0 Å². The highest BCUT2D eigenvalue weighted by Gasteiger charge is 2.51. The highest BCUT2D eigenvalue weighted by molar-refractivity contribution is 5.89. The highest BCUT2D eigenvalue weighted by Crippen LogP contribution is 2.62. The molecule has 6 aromatic carbocycles. The van der Waals surface area contributed by atoms with Gasteiger partial charge < -0.3 is 4.74 Å². The van der Waals surface area contributed by atoms with Crippen molar-refractivity contribution in [2.45, 2.75) is 5.41 Å². The van der Waals surface area contributed by atoms with Crippen molar-refractivity contribution in [3.63, 3.8) is 0 Å². The van der Waals surface area contributed by atoms with Crippen LogP contribution < -0.4 is 4.74 Å². The Bertz CT molecular complexity index is 2980. The molecule has 0 amide bonds. The average Bonchev–Trinajstić information content (AvgIpc) is 3.65. The molecule has 4 aromatic heterocycles. The van der Waals surface area contributed by atoms with Crippen LogP contribution >= 0.6 is 0 Å². The van der Waals surface area contributed by atoms with E-state index < -0.39 is 5.41 Å². The first kappa shape index (κ1) is 35.5. The Balaban J connectivity index is 1.07. The quantitative estimate of drug-likeness (QED) is 0.166. The molecule has 1 aliphatic heterocycles. The molecule has 0 N–H and O–H groups in total. The number of benzene rings is 6.